The smallest absolute Gasteiger partial charge is 0.223 e. The molecule has 0 aromatic rings. The van der Waals surface area contributed by atoms with Crippen molar-refractivity contribution in [3.63, 3.8) is 0 Å². The number of rotatable bonds is 13. The Kier molecular flexibility index (Phi) is 9.90. The summed E-state index contributed by atoms with van der Waals surface area (Å²) in [5, 5.41) is 3.16. The quantitative estimate of drug-likeness (QED) is 0.399. The summed E-state index contributed by atoms with van der Waals surface area (Å²) in [5.74, 6) is 0.470. The summed E-state index contributed by atoms with van der Waals surface area (Å²) in [5.41, 5.74) is 0.363. The van der Waals surface area contributed by atoms with Gasteiger partial charge in [-0.25, -0.2) is 0 Å². The van der Waals surface area contributed by atoms with E-state index in [0.29, 0.717) is 11.5 Å². The molecule has 23 heavy (non-hydrogen) atoms. The number of carbonyl (C=O) groups excluding carboxylic acids is 1. The molecular formula is C21H41NO. The summed E-state index contributed by atoms with van der Waals surface area (Å²) in [6, 6.07) is 0.413. The van der Waals surface area contributed by atoms with Gasteiger partial charge in [0.1, 0.15) is 0 Å². The van der Waals surface area contributed by atoms with E-state index in [1.165, 1.54) is 70.6 Å². The molecule has 1 aliphatic heterocycles. The maximum atomic E-state index is 11.6. The topological polar surface area (TPSA) is 29.1 Å². The molecule has 0 saturated carbocycles. The van der Waals surface area contributed by atoms with E-state index in [0.717, 1.165) is 12.8 Å². The van der Waals surface area contributed by atoms with Crippen LogP contribution in [-0.2, 0) is 4.79 Å². The van der Waals surface area contributed by atoms with Crippen LogP contribution in [0.2, 0.25) is 0 Å². The molecule has 2 heteroatoms. The molecule has 1 amide bonds. The first-order valence-electron chi connectivity index (χ1n) is 10.2. The number of unbranched alkanes of at least 4 members (excludes halogenated alkanes) is 9. The minimum atomic E-state index is 0.216. The molecular weight excluding hydrogens is 282 g/mol. The van der Waals surface area contributed by atoms with Crippen LogP contribution < -0.4 is 5.32 Å². The predicted octanol–water partition coefficient (Wildman–Crippen LogP) is 6.24. The Bertz CT molecular complexity index is 324. The van der Waals surface area contributed by atoms with Crippen LogP contribution >= 0.6 is 0 Å². The average molecular weight is 324 g/mol. The highest BCUT2D eigenvalue weighted by Gasteiger charge is 2.32. The van der Waals surface area contributed by atoms with Crippen molar-refractivity contribution < 1.29 is 4.79 Å². The third-order valence-electron chi connectivity index (χ3n) is 5.44. The molecule has 0 bridgehead atoms. The first-order valence-corrected chi connectivity index (χ1v) is 10.2. The molecule has 2 atom stereocenters. The Morgan fingerprint density at radius 1 is 0.957 bits per heavy atom. The number of hydrogen-bond acceptors (Lipinski definition) is 1. The number of amides is 1. The molecule has 0 aliphatic carbocycles. The van der Waals surface area contributed by atoms with Crippen molar-refractivity contribution in [2.75, 3.05) is 0 Å². The molecule has 1 saturated heterocycles. The zero-order valence-corrected chi connectivity index (χ0v) is 16.3. The highest BCUT2D eigenvalue weighted by atomic mass is 16.2. The van der Waals surface area contributed by atoms with Gasteiger partial charge in [-0.05, 0) is 24.7 Å². The summed E-state index contributed by atoms with van der Waals surface area (Å²) in [6.45, 7) is 9.07. The van der Waals surface area contributed by atoms with Gasteiger partial charge in [-0.1, -0.05) is 91.9 Å². The largest absolute Gasteiger partial charge is 0.353 e. The van der Waals surface area contributed by atoms with Gasteiger partial charge in [-0.15, -0.1) is 0 Å². The van der Waals surface area contributed by atoms with Gasteiger partial charge < -0.3 is 5.32 Å². The van der Waals surface area contributed by atoms with E-state index in [9.17, 15) is 4.79 Å². The summed E-state index contributed by atoms with van der Waals surface area (Å²) >= 11 is 0. The Hall–Kier alpha value is -0.530. The van der Waals surface area contributed by atoms with Crippen molar-refractivity contribution in [1.82, 2.24) is 5.32 Å². The predicted molar refractivity (Wildman–Crippen MR) is 101 cm³/mol. The van der Waals surface area contributed by atoms with Crippen LogP contribution in [0.5, 0.6) is 0 Å². The second kappa shape index (κ2) is 11.1. The Balaban J connectivity index is 1.98. The van der Waals surface area contributed by atoms with Gasteiger partial charge in [0.2, 0.25) is 5.91 Å². The van der Waals surface area contributed by atoms with Gasteiger partial charge in [-0.2, -0.15) is 0 Å². The van der Waals surface area contributed by atoms with Crippen LogP contribution in [0.3, 0.4) is 0 Å². The van der Waals surface area contributed by atoms with Crippen molar-refractivity contribution in [2.45, 2.75) is 117 Å². The van der Waals surface area contributed by atoms with Crippen LogP contribution in [0.25, 0.3) is 0 Å². The minimum Gasteiger partial charge on any atom is -0.353 e. The first-order chi connectivity index (χ1) is 10.9. The van der Waals surface area contributed by atoms with Crippen molar-refractivity contribution in [1.29, 1.82) is 0 Å². The van der Waals surface area contributed by atoms with Gasteiger partial charge >= 0.3 is 0 Å². The second-order valence-corrected chi connectivity index (χ2v) is 8.64. The van der Waals surface area contributed by atoms with Crippen molar-refractivity contribution in [3.05, 3.63) is 0 Å². The number of carbonyl (C=O) groups is 1. The standard InChI is InChI=1S/C21H41NO/c1-5-6-7-8-9-10-11-12-13-14-15-21(3,4)17-19-16-18(2)20(23)22-19/h18-19H,5-17H2,1-4H3,(H,22,23). The van der Waals surface area contributed by atoms with E-state index >= 15 is 0 Å². The van der Waals surface area contributed by atoms with Crippen LogP contribution in [-0.4, -0.2) is 11.9 Å². The fraction of sp³-hybridized carbons (Fsp3) is 0.952. The van der Waals surface area contributed by atoms with E-state index in [-0.39, 0.29) is 11.8 Å². The van der Waals surface area contributed by atoms with Gasteiger partial charge in [-0.3, -0.25) is 4.79 Å². The van der Waals surface area contributed by atoms with E-state index in [4.69, 9.17) is 0 Å². The van der Waals surface area contributed by atoms with Gasteiger partial charge in [0.25, 0.3) is 0 Å². The highest BCUT2D eigenvalue weighted by molar-refractivity contribution is 5.80. The molecule has 0 aromatic carbocycles. The lowest BCUT2D eigenvalue weighted by Gasteiger charge is -2.28. The molecule has 0 aromatic heterocycles. The Morgan fingerprint density at radius 3 is 1.96 bits per heavy atom. The van der Waals surface area contributed by atoms with Crippen LogP contribution in [0, 0.1) is 11.3 Å². The van der Waals surface area contributed by atoms with E-state index in [2.05, 4.69) is 26.1 Å². The molecule has 136 valence electrons. The Morgan fingerprint density at radius 2 is 1.48 bits per heavy atom. The number of hydrogen-bond donors (Lipinski definition) is 1. The molecule has 0 radical (unpaired) electrons. The van der Waals surface area contributed by atoms with Crippen LogP contribution in [0.15, 0.2) is 0 Å². The number of nitrogens with one attached hydrogen (secondary N) is 1. The SMILES string of the molecule is CCCCCCCCCCCCC(C)(C)CC1CC(C)C(=O)N1. The summed E-state index contributed by atoms with van der Waals surface area (Å²) in [6.07, 6.45) is 17.5. The highest BCUT2D eigenvalue weighted by Crippen LogP contribution is 2.32. The van der Waals surface area contributed by atoms with Crippen molar-refractivity contribution in [3.8, 4) is 0 Å². The molecule has 1 heterocycles. The monoisotopic (exact) mass is 323 g/mol. The third kappa shape index (κ3) is 9.37. The maximum Gasteiger partial charge on any atom is 0.223 e. The molecule has 2 nitrogen and oxygen atoms in total. The van der Waals surface area contributed by atoms with Gasteiger partial charge in [0, 0.05) is 12.0 Å². The van der Waals surface area contributed by atoms with Crippen molar-refractivity contribution >= 4 is 5.91 Å². The van der Waals surface area contributed by atoms with Crippen molar-refractivity contribution in [2.24, 2.45) is 11.3 Å². The molecule has 1 fully saturated rings. The van der Waals surface area contributed by atoms with Crippen LogP contribution in [0.4, 0.5) is 0 Å². The fourth-order valence-corrected chi connectivity index (χ4v) is 3.93. The van der Waals surface area contributed by atoms with Gasteiger partial charge in [0.15, 0.2) is 0 Å². The maximum absolute atomic E-state index is 11.6. The Labute approximate surface area is 145 Å². The zero-order chi connectivity index (χ0) is 17.1. The molecule has 1 rings (SSSR count). The summed E-state index contributed by atoms with van der Waals surface area (Å²) in [7, 11) is 0. The molecule has 1 aliphatic rings. The summed E-state index contributed by atoms with van der Waals surface area (Å²) in [4.78, 5) is 11.6. The van der Waals surface area contributed by atoms with E-state index in [1.54, 1.807) is 0 Å². The average Bonchev–Trinajstić information content (AvgIpc) is 2.78. The first kappa shape index (κ1) is 20.5. The lowest BCUT2D eigenvalue weighted by Crippen LogP contribution is -2.30. The molecule has 2 unspecified atom stereocenters. The van der Waals surface area contributed by atoms with E-state index < -0.39 is 0 Å². The lowest BCUT2D eigenvalue weighted by molar-refractivity contribution is -0.122. The fourth-order valence-electron chi connectivity index (χ4n) is 3.93. The van der Waals surface area contributed by atoms with Crippen LogP contribution in [0.1, 0.15) is 111 Å². The zero-order valence-electron chi connectivity index (χ0n) is 16.3. The van der Waals surface area contributed by atoms with Gasteiger partial charge in [0.05, 0.1) is 0 Å². The normalized spacial score (nSPS) is 21.7. The summed E-state index contributed by atoms with van der Waals surface area (Å²) < 4.78 is 0. The third-order valence-corrected chi connectivity index (χ3v) is 5.44. The van der Waals surface area contributed by atoms with E-state index in [1.807, 2.05) is 6.92 Å². The minimum absolute atomic E-state index is 0.216. The molecule has 1 N–H and O–H groups in total. The molecule has 0 spiro atoms. The second-order valence-electron chi connectivity index (χ2n) is 8.64. The lowest BCUT2D eigenvalue weighted by atomic mass is 9.80.